The molecule has 19 heavy (non-hydrogen) atoms. The average Bonchev–Trinajstić information content (AvgIpc) is 3.11. The highest BCUT2D eigenvalue weighted by molar-refractivity contribution is 7.08. The standard InChI is InChI=1S/C15H18N2S.ClH/c16-15(13-7-10-18-11-13)12-3-5-14(6-4-12)17-8-1-2-9-17;/h3-7,10-11,15H,1-2,8-9,16H2;1H/t15-;/m0./s1. The molecule has 102 valence electrons. The molecule has 4 heteroatoms. The molecule has 1 atom stereocenters. The van der Waals surface area contributed by atoms with Crippen molar-refractivity contribution in [3.63, 3.8) is 0 Å². The molecule has 1 aliphatic rings. The number of halogens is 1. The Morgan fingerprint density at radius 1 is 1.00 bits per heavy atom. The molecule has 0 spiro atoms. The lowest BCUT2D eigenvalue weighted by molar-refractivity contribution is 0.875. The SMILES string of the molecule is Cl.N[C@@H](c1ccc(N2CCCC2)cc1)c1ccsc1. The van der Waals surface area contributed by atoms with Crippen LogP contribution in [0.25, 0.3) is 0 Å². The summed E-state index contributed by atoms with van der Waals surface area (Å²) in [5, 5.41) is 4.20. The van der Waals surface area contributed by atoms with E-state index in [1.54, 1.807) is 11.3 Å². The van der Waals surface area contributed by atoms with Crippen molar-refractivity contribution in [2.45, 2.75) is 18.9 Å². The van der Waals surface area contributed by atoms with Crippen molar-refractivity contribution in [1.82, 2.24) is 0 Å². The Morgan fingerprint density at radius 2 is 1.68 bits per heavy atom. The first-order valence-electron chi connectivity index (χ1n) is 6.47. The van der Waals surface area contributed by atoms with Crippen molar-refractivity contribution in [3.05, 3.63) is 52.2 Å². The van der Waals surface area contributed by atoms with Crippen LogP contribution in [0.15, 0.2) is 41.1 Å². The third kappa shape index (κ3) is 3.11. The van der Waals surface area contributed by atoms with E-state index in [0.29, 0.717) is 0 Å². The summed E-state index contributed by atoms with van der Waals surface area (Å²) in [6.07, 6.45) is 2.63. The lowest BCUT2D eigenvalue weighted by Gasteiger charge is -2.18. The highest BCUT2D eigenvalue weighted by Crippen LogP contribution is 2.25. The summed E-state index contributed by atoms with van der Waals surface area (Å²) in [4.78, 5) is 2.44. The van der Waals surface area contributed by atoms with Crippen molar-refractivity contribution < 1.29 is 0 Å². The molecule has 2 N–H and O–H groups in total. The van der Waals surface area contributed by atoms with E-state index in [0.717, 1.165) is 0 Å². The van der Waals surface area contributed by atoms with E-state index >= 15 is 0 Å². The van der Waals surface area contributed by atoms with E-state index < -0.39 is 0 Å². The minimum atomic E-state index is 0. The van der Waals surface area contributed by atoms with Gasteiger partial charge in [0, 0.05) is 18.8 Å². The molecule has 3 rings (SSSR count). The second kappa shape index (κ2) is 6.42. The van der Waals surface area contributed by atoms with Crippen molar-refractivity contribution in [3.8, 4) is 0 Å². The highest BCUT2D eigenvalue weighted by Gasteiger charge is 2.13. The summed E-state index contributed by atoms with van der Waals surface area (Å²) >= 11 is 1.70. The number of anilines is 1. The maximum atomic E-state index is 6.26. The average molecular weight is 295 g/mol. The number of hydrogen-bond donors (Lipinski definition) is 1. The molecule has 0 aliphatic carbocycles. The Bertz CT molecular complexity index is 489. The lowest BCUT2D eigenvalue weighted by atomic mass is 10.0. The van der Waals surface area contributed by atoms with Crippen molar-refractivity contribution >= 4 is 29.4 Å². The summed E-state index contributed by atoms with van der Waals surface area (Å²) in [5.74, 6) is 0. The number of rotatable bonds is 3. The van der Waals surface area contributed by atoms with Crippen LogP contribution in [0.3, 0.4) is 0 Å². The van der Waals surface area contributed by atoms with E-state index in [1.165, 1.54) is 42.7 Å². The number of nitrogens with two attached hydrogens (primary N) is 1. The van der Waals surface area contributed by atoms with E-state index in [-0.39, 0.29) is 18.4 Å². The summed E-state index contributed by atoms with van der Waals surface area (Å²) in [6, 6.07) is 10.8. The monoisotopic (exact) mass is 294 g/mol. The van der Waals surface area contributed by atoms with Crippen LogP contribution in [0.4, 0.5) is 5.69 Å². The summed E-state index contributed by atoms with van der Waals surface area (Å²) in [6.45, 7) is 2.38. The normalized spacial score (nSPS) is 16.2. The zero-order valence-corrected chi connectivity index (χ0v) is 12.4. The van der Waals surface area contributed by atoms with E-state index in [2.05, 4.69) is 46.0 Å². The minimum absolute atomic E-state index is 0. The number of thiophene rings is 1. The molecule has 1 aromatic carbocycles. The van der Waals surface area contributed by atoms with Crippen LogP contribution in [0, 0.1) is 0 Å². The number of hydrogen-bond acceptors (Lipinski definition) is 3. The van der Waals surface area contributed by atoms with Gasteiger partial charge in [-0.25, -0.2) is 0 Å². The zero-order chi connectivity index (χ0) is 12.4. The Hall–Kier alpha value is -1.03. The quantitative estimate of drug-likeness (QED) is 0.932. The van der Waals surface area contributed by atoms with Crippen LogP contribution in [-0.2, 0) is 0 Å². The molecule has 1 saturated heterocycles. The lowest BCUT2D eigenvalue weighted by Crippen LogP contribution is -2.17. The molecule has 0 saturated carbocycles. The predicted octanol–water partition coefficient (Wildman–Crippen LogP) is 3.82. The summed E-state index contributed by atoms with van der Waals surface area (Å²) in [5.41, 5.74) is 9.98. The van der Waals surface area contributed by atoms with E-state index in [9.17, 15) is 0 Å². The number of nitrogens with zero attached hydrogens (tertiary/aromatic N) is 1. The van der Waals surface area contributed by atoms with Gasteiger partial charge in [0.25, 0.3) is 0 Å². The molecule has 2 aromatic rings. The molecule has 0 amide bonds. The van der Waals surface area contributed by atoms with Gasteiger partial charge in [-0.15, -0.1) is 12.4 Å². The molecule has 0 unspecified atom stereocenters. The smallest absolute Gasteiger partial charge is 0.0559 e. The van der Waals surface area contributed by atoms with Crippen LogP contribution < -0.4 is 10.6 Å². The zero-order valence-electron chi connectivity index (χ0n) is 10.8. The molecular formula is C15H19ClN2S. The maximum absolute atomic E-state index is 6.26. The van der Waals surface area contributed by atoms with Gasteiger partial charge in [0.1, 0.15) is 0 Å². The fraction of sp³-hybridized carbons (Fsp3) is 0.333. The molecule has 2 nitrogen and oxygen atoms in total. The Morgan fingerprint density at radius 3 is 2.26 bits per heavy atom. The first-order chi connectivity index (χ1) is 8.84. The van der Waals surface area contributed by atoms with Gasteiger partial charge in [-0.3, -0.25) is 0 Å². The van der Waals surface area contributed by atoms with Gasteiger partial charge in [-0.1, -0.05) is 12.1 Å². The van der Waals surface area contributed by atoms with Gasteiger partial charge in [0.2, 0.25) is 0 Å². The third-order valence-electron chi connectivity index (χ3n) is 3.63. The predicted molar refractivity (Wildman–Crippen MR) is 85.5 cm³/mol. The molecule has 1 fully saturated rings. The minimum Gasteiger partial charge on any atom is -0.372 e. The Labute approximate surface area is 124 Å². The van der Waals surface area contributed by atoms with Crippen LogP contribution in [0.2, 0.25) is 0 Å². The van der Waals surface area contributed by atoms with E-state index in [4.69, 9.17) is 5.73 Å². The third-order valence-corrected chi connectivity index (χ3v) is 4.33. The molecule has 2 heterocycles. The Balaban J connectivity index is 0.00000133. The van der Waals surface area contributed by atoms with Gasteiger partial charge in [-0.2, -0.15) is 11.3 Å². The maximum Gasteiger partial charge on any atom is 0.0559 e. The first-order valence-corrected chi connectivity index (χ1v) is 7.41. The van der Waals surface area contributed by atoms with Crippen molar-refractivity contribution in [2.24, 2.45) is 5.73 Å². The first kappa shape index (κ1) is 14.4. The second-order valence-corrected chi connectivity index (χ2v) is 5.60. The van der Waals surface area contributed by atoms with Crippen LogP contribution >= 0.6 is 23.7 Å². The summed E-state index contributed by atoms with van der Waals surface area (Å²) < 4.78 is 0. The molecule has 1 aromatic heterocycles. The molecule has 0 bridgehead atoms. The topological polar surface area (TPSA) is 29.3 Å². The van der Waals surface area contributed by atoms with Crippen molar-refractivity contribution in [1.29, 1.82) is 0 Å². The largest absolute Gasteiger partial charge is 0.372 e. The molecular weight excluding hydrogens is 276 g/mol. The fourth-order valence-electron chi connectivity index (χ4n) is 2.51. The molecule has 0 radical (unpaired) electrons. The van der Waals surface area contributed by atoms with Gasteiger partial charge in [-0.05, 0) is 52.9 Å². The van der Waals surface area contributed by atoms with Crippen molar-refractivity contribution in [2.75, 3.05) is 18.0 Å². The summed E-state index contributed by atoms with van der Waals surface area (Å²) in [7, 11) is 0. The van der Waals surface area contributed by atoms with E-state index in [1.807, 2.05) is 0 Å². The molecule has 1 aliphatic heterocycles. The van der Waals surface area contributed by atoms with Crippen LogP contribution in [0.1, 0.15) is 30.0 Å². The highest BCUT2D eigenvalue weighted by atomic mass is 35.5. The van der Waals surface area contributed by atoms with Gasteiger partial charge < -0.3 is 10.6 Å². The van der Waals surface area contributed by atoms with Crippen LogP contribution in [0.5, 0.6) is 0 Å². The number of benzene rings is 1. The fourth-order valence-corrected chi connectivity index (χ4v) is 3.21. The second-order valence-electron chi connectivity index (χ2n) is 4.82. The van der Waals surface area contributed by atoms with Gasteiger partial charge in [0.15, 0.2) is 0 Å². The van der Waals surface area contributed by atoms with Gasteiger partial charge in [0.05, 0.1) is 6.04 Å². The van der Waals surface area contributed by atoms with Crippen LogP contribution in [-0.4, -0.2) is 13.1 Å². The van der Waals surface area contributed by atoms with Gasteiger partial charge >= 0.3 is 0 Å². The Kier molecular flexibility index (Phi) is 4.86.